The molecule has 0 nitrogen and oxygen atoms in total. The largest absolute Gasteiger partial charge is 0.0619 e. The lowest BCUT2D eigenvalue weighted by Crippen LogP contribution is -2.28. The van der Waals surface area contributed by atoms with E-state index >= 15 is 0 Å². The lowest BCUT2D eigenvalue weighted by atomic mass is 9.61. The summed E-state index contributed by atoms with van der Waals surface area (Å²) in [6.07, 6.45) is 0. The highest BCUT2D eigenvalue weighted by atomic mass is 127. The molecule has 0 spiro atoms. The van der Waals surface area contributed by atoms with Crippen LogP contribution in [-0.4, -0.2) is 0 Å². The van der Waals surface area contributed by atoms with E-state index in [9.17, 15) is 0 Å². The van der Waals surface area contributed by atoms with Gasteiger partial charge in [0.1, 0.15) is 0 Å². The molecule has 2 heteroatoms. The van der Waals surface area contributed by atoms with Crippen LogP contribution in [0.3, 0.4) is 0 Å². The molecule has 3 aliphatic carbocycles. The maximum atomic E-state index is 2.52. The van der Waals surface area contributed by atoms with Crippen LogP contribution in [0, 0.1) is 7.14 Å². The van der Waals surface area contributed by atoms with Crippen molar-refractivity contribution in [3.63, 3.8) is 0 Å². The third-order valence-corrected chi connectivity index (χ3v) is 6.48. The predicted octanol–water partition coefficient (Wildman–Crippen LogP) is 5.88. The van der Waals surface area contributed by atoms with Crippen molar-refractivity contribution in [3.8, 4) is 0 Å². The zero-order valence-electron chi connectivity index (χ0n) is 11.7. The van der Waals surface area contributed by atoms with Crippen molar-refractivity contribution in [2.75, 3.05) is 0 Å². The Labute approximate surface area is 157 Å². The molecule has 2 bridgehead atoms. The highest BCUT2D eigenvalue weighted by Crippen LogP contribution is 2.56. The summed E-state index contributed by atoms with van der Waals surface area (Å²) >= 11 is 4.97. The molecule has 3 aromatic rings. The van der Waals surface area contributed by atoms with Gasteiger partial charge in [-0.2, -0.15) is 0 Å². The van der Waals surface area contributed by atoms with Gasteiger partial charge in [0.25, 0.3) is 0 Å². The standard InChI is InChI=1S/C20H12I2/c21-11-9-16-18-12-5-1-3-7-14(12)19(20(16)17(22)10-11)15-8-4-2-6-13(15)18/h1-10,18-19H. The van der Waals surface area contributed by atoms with Gasteiger partial charge in [0.05, 0.1) is 0 Å². The second kappa shape index (κ2) is 4.81. The predicted molar refractivity (Wildman–Crippen MR) is 107 cm³/mol. The molecule has 0 saturated heterocycles. The Kier molecular flexibility index (Phi) is 2.96. The van der Waals surface area contributed by atoms with Crippen molar-refractivity contribution in [1.29, 1.82) is 0 Å². The molecule has 0 saturated carbocycles. The van der Waals surface area contributed by atoms with Crippen LogP contribution in [0.2, 0.25) is 0 Å². The molecule has 0 aliphatic heterocycles. The molecule has 106 valence electrons. The van der Waals surface area contributed by atoms with Crippen molar-refractivity contribution in [3.05, 3.63) is 101 Å². The minimum atomic E-state index is 0.399. The normalized spacial score (nSPS) is 20.3. The lowest BCUT2D eigenvalue weighted by Gasteiger charge is -2.42. The molecule has 0 fully saturated rings. The maximum absolute atomic E-state index is 2.52. The minimum absolute atomic E-state index is 0.399. The SMILES string of the molecule is Ic1cc(I)c2c(c1)C1c3ccccc3C2c2ccccc21. The van der Waals surface area contributed by atoms with Gasteiger partial charge in [-0.15, -0.1) is 0 Å². The molecular formula is C20H12I2. The van der Waals surface area contributed by atoms with E-state index in [0.717, 1.165) is 0 Å². The van der Waals surface area contributed by atoms with Crippen molar-refractivity contribution in [2.45, 2.75) is 11.8 Å². The van der Waals surface area contributed by atoms with Crippen LogP contribution in [0.1, 0.15) is 45.2 Å². The van der Waals surface area contributed by atoms with Gasteiger partial charge < -0.3 is 0 Å². The third-order valence-electron chi connectivity index (χ3n) is 4.96. The van der Waals surface area contributed by atoms with Crippen molar-refractivity contribution >= 4 is 45.2 Å². The number of hydrogen-bond acceptors (Lipinski definition) is 0. The van der Waals surface area contributed by atoms with Crippen LogP contribution in [0.5, 0.6) is 0 Å². The summed E-state index contributed by atoms with van der Waals surface area (Å²) in [5, 5.41) is 0. The summed E-state index contributed by atoms with van der Waals surface area (Å²) in [6, 6.07) is 22.7. The van der Waals surface area contributed by atoms with Gasteiger partial charge in [-0.3, -0.25) is 0 Å². The summed E-state index contributed by atoms with van der Waals surface area (Å²) in [4.78, 5) is 0. The van der Waals surface area contributed by atoms with Crippen LogP contribution in [-0.2, 0) is 0 Å². The highest BCUT2D eigenvalue weighted by Gasteiger charge is 2.41. The van der Waals surface area contributed by atoms with Crippen molar-refractivity contribution in [2.24, 2.45) is 0 Å². The number of benzene rings is 3. The average molecular weight is 506 g/mol. The van der Waals surface area contributed by atoms with Crippen molar-refractivity contribution in [1.82, 2.24) is 0 Å². The molecule has 0 N–H and O–H groups in total. The van der Waals surface area contributed by atoms with Crippen LogP contribution >= 0.6 is 45.2 Å². The average Bonchev–Trinajstić information content (AvgIpc) is 2.54. The molecular weight excluding hydrogens is 494 g/mol. The second-order valence-electron chi connectivity index (χ2n) is 6.01. The Morgan fingerprint density at radius 3 is 1.64 bits per heavy atom. The number of halogens is 2. The fraction of sp³-hybridized carbons (Fsp3) is 0.100. The fourth-order valence-electron chi connectivity index (χ4n) is 4.20. The van der Waals surface area contributed by atoms with Gasteiger partial charge in [-0.05, 0) is 90.7 Å². The van der Waals surface area contributed by atoms with E-state index in [2.05, 4.69) is 106 Å². The summed E-state index contributed by atoms with van der Waals surface area (Å²) in [7, 11) is 0. The topological polar surface area (TPSA) is 0 Å². The van der Waals surface area contributed by atoms with Gasteiger partial charge in [0.2, 0.25) is 0 Å². The molecule has 0 unspecified atom stereocenters. The van der Waals surface area contributed by atoms with E-state index in [-0.39, 0.29) is 0 Å². The first-order valence-electron chi connectivity index (χ1n) is 7.42. The first-order chi connectivity index (χ1) is 10.8. The monoisotopic (exact) mass is 506 g/mol. The molecule has 3 aliphatic rings. The van der Waals surface area contributed by atoms with Gasteiger partial charge in [0.15, 0.2) is 0 Å². The van der Waals surface area contributed by atoms with Gasteiger partial charge in [-0.25, -0.2) is 0 Å². The van der Waals surface area contributed by atoms with Crippen molar-refractivity contribution < 1.29 is 0 Å². The molecule has 0 aromatic heterocycles. The molecule has 0 amide bonds. The summed E-state index contributed by atoms with van der Waals surface area (Å²) in [6.45, 7) is 0. The van der Waals surface area contributed by atoms with Crippen LogP contribution in [0.4, 0.5) is 0 Å². The third kappa shape index (κ3) is 1.68. The number of hydrogen-bond donors (Lipinski definition) is 0. The molecule has 0 heterocycles. The van der Waals surface area contributed by atoms with Gasteiger partial charge in [0, 0.05) is 19.0 Å². The lowest BCUT2D eigenvalue weighted by molar-refractivity contribution is 0.749. The maximum Gasteiger partial charge on any atom is 0.0359 e. The van der Waals surface area contributed by atoms with Crippen LogP contribution in [0.15, 0.2) is 60.7 Å². The molecule has 0 radical (unpaired) electrons. The van der Waals surface area contributed by atoms with E-state index < -0.39 is 0 Å². The van der Waals surface area contributed by atoms with E-state index in [1.807, 2.05) is 0 Å². The smallest absolute Gasteiger partial charge is 0.0359 e. The Morgan fingerprint density at radius 1 is 0.591 bits per heavy atom. The van der Waals surface area contributed by atoms with Crippen LogP contribution in [0.25, 0.3) is 0 Å². The van der Waals surface area contributed by atoms with E-state index in [1.165, 1.54) is 40.5 Å². The molecule has 0 atom stereocenters. The zero-order valence-corrected chi connectivity index (χ0v) is 16.0. The van der Waals surface area contributed by atoms with E-state index in [0.29, 0.717) is 11.8 Å². The van der Waals surface area contributed by atoms with Crippen LogP contribution < -0.4 is 0 Å². The Morgan fingerprint density at radius 2 is 1.09 bits per heavy atom. The molecule has 3 aromatic carbocycles. The Bertz CT molecular complexity index is 879. The first kappa shape index (κ1) is 13.5. The molecule has 6 rings (SSSR count). The summed E-state index contributed by atoms with van der Waals surface area (Å²) < 4.78 is 2.74. The Balaban J connectivity index is 1.94. The first-order valence-corrected chi connectivity index (χ1v) is 9.58. The van der Waals surface area contributed by atoms with Gasteiger partial charge in [-0.1, -0.05) is 48.5 Å². The summed E-state index contributed by atoms with van der Waals surface area (Å²) in [5.41, 5.74) is 9.03. The highest BCUT2D eigenvalue weighted by molar-refractivity contribution is 14.1. The fourth-order valence-corrected chi connectivity index (χ4v) is 6.40. The Hall–Kier alpha value is -0.880. The quantitative estimate of drug-likeness (QED) is 0.230. The second-order valence-corrected chi connectivity index (χ2v) is 8.42. The van der Waals surface area contributed by atoms with E-state index in [1.54, 1.807) is 0 Å². The molecule has 22 heavy (non-hydrogen) atoms. The number of rotatable bonds is 0. The zero-order chi connectivity index (χ0) is 14.8. The summed E-state index contributed by atoms with van der Waals surface area (Å²) in [5.74, 6) is 0.798. The van der Waals surface area contributed by atoms with E-state index in [4.69, 9.17) is 0 Å². The minimum Gasteiger partial charge on any atom is -0.0619 e. The van der Waals surface area contributed by atoms with Gasteiger partial charge >= 0.3 is 0 Å².